The molecule has 10 rings (SSSR count). The molecule has 0 aliphatic rings. The molecule has 0 atom stereocenters. The molecular weight excluding hydrogens is 631 g/mol. The first kappa shape index (κ1) is 21.4. The van der Waals surface area contributed by atoms with Crippen LogP contribution < -0.4 is 0 Å². The van der Waals surface area contributed by atoms with Crippen molar-refractivity contribution < 1.29 is 8.22 Å². The van der Waals surface area contributed by atoms with Crippen molar-refractivity contribution in [2.75, 3.05) is 0 Å². The molecule has 0 amide bonds. The summed E-state index contributed by atoms with van der Waals surface area (Å²) in [5.74, 6) is 0. The molecule has 0 nitrogen and oxygen atoms in total. The predicted octanol–water partition coefficient (Wildman–Crippen LogP) is 12.7. The van der Waals surface area contributed by atoms with Crippen molar-refractivity contribution in [3.8, 4) is 33.4 Å². The van der Waals surface area contributed by atoms with Gasteiger partial charge in [0.1, 0.15) is 0 Å². The van der Waals surface area contributed by atoms with Crippen molar-refractivity contribution in [2.45, 2.75) is 0 Å². The second-order valence-electron chi connectivity index (χ2n) is 11.9. The Morgan fingerprint density at radius 1 is 0.404 bits per heavy atom. The Hall–Kier alpha value is -5.46. The zero-order valence-corrected chi connectivity index (χ0v) is 26.8. The van der Waals surface area contributed by atoms with Gasteiger partial charge in [-0.15, -0.1) is 0 Å². The summed E-state index contributed by atoms with van der Waals surface area (Å²) < 4.78 is 54.6. The van der Waals surface area contributed by atoms with E-state index in [4.69, 9.17) is 8.22 Å². The Kier molecular flexibility index (Phi) is 4.79. The molecule has 9 aromatic carbocycles. The second-order valence-corrected chi connectivity index (χ2v) is 14.1. The normalized spacial score (nSPS) is 13.6. The molecule has 0 aliphatic carbocycles. The van der Waals surface area contributed by atoms with Gasteiger partial charge in [-0.3, -0.25) is 0 Å². The summed E-state index contributed by atoms with van der Waals surface area (Å²) >= 11 is 0.0522. The van der Waals surface area contributed by atoms with Crippen LogP contribution >= 0.6 is 0 Å². The molecule has 1 heterocycles. The van der Waals surface area contributed by atoms with E-state index in [1.165, 1.54) is 30.4 Å². The fourth-order valence-corrected chi connectivity index (χ4v) is 9.96. The number of hydrogen-bond acceptors (Lipinski definition) is 0. The van der Waals surface area contributed by atoms with Gasteiger partial charge in [-0.05, 0) is 0 Å². The molecule has 0 N–H and O–H groups in total. The van der Waals surface area contributed by atoms with Crippen LogP contribution in [0.2, 0.25) is 0 Å². The zero-order valence-electron chi connectivity index (χ0n) is 31.1. The van der Waals surface area contributed by atoms with Gasteiger partial charge in [0.15, 0.2) is 0 Å². The molecule has 0 saturated carbocycles. The van der Waals surface area contributed by atoms with Crippen LogP contribution in [0.5, 0.6) is 0 Å². The minimum atomic E-state index is -0.396. The van der Waals surface area contributed by atoms with E-state index < -0.39 is 6.04 Å². The Balaban J connectivity index is 1.26. The number of benzene rings is 9. The van der Waals surface area contributed by atoms with Gasteiger partial charge >= 0.3 is 287 Å². The van der Waals surface area contributed by atoms with Gasteiger partial charge in [0.25, 0.3) is 0 Å². The predicted molar refractivity (Wildman–Crippen MR) is 205 cm³/mol. The van der Waals surface area contributed by atoms with E-state index in [2.05, 4.69) is 84.9 Å². The molecule has 0 unspecified atom stereocenters. The molecule has 0 bridgehead atoms. The number of fused-ring (bicyclic) bond motifs is 7. The first-order valence-electron chi connectivity index (χ1n) is 18.7. The van der Waals surface area contributed by atoms with Gasteiger partial charge in [0, 0.05) is 0 Å². The summed E-state index contributed by atoms with van der Waals surface area (Å²) in [6, 6.07) is 45.1. The molecule has 0 spiro atoms. The summed E-state index contributed by atoms with van der Waals surface area (Å²) in [6.07, 6.45) is 0. The first-order chi connectivity index (χ1) is 25.8. The van der Waals surface area contributed by atoms with Crippen molar-refractivity contribution in [2.24, 2.45) is 0 Å². The van der Waals surface area contributed by atoms with E-state index in [0.717, 1.165) is 54.2 Å². The third-order valence-electron chi connectivity index (χ3n) is 9.40. The monoisotopic (exact) mass is 666 g/mol. The average molecular weight is 666 g/mol. The Morgan fingerprint density at radius 2 is 0.936 bits per heavy atom. The van der Waals surface area contributed by atoms with Crippen LogP contribution in [0.4, 0.5) is 0 Å². The van der Waals surface area contributed by atoms with Gasteiger partial charge in [0.05, 0.1) is 1.37 Å². The maximum absolute atomic E-state index is 9.04. The third-order valence-corrected chi connectivity index (χ3v) is 12.0. The van der Waals surface area contributed by atoms with Gasteiger partial charge < -0.3 is 0 Å². The number of hydrogen-bond donors (Lipinski definition) is 0. The van der Waals surface area contributed by atoms with Gasteiger partial charge in [0.2, 0.25) is 0 Å². The Labute approximate surface area is 287 Å². The number of rotatable bonds is 3. The molecule has 1 aromatic heterocycles. The quantitative estimate of drug-likeness (QED) is 0.130. The Bertz CT molecular complexity index is 3050. The fourth-order valence-electron chi connectivity index (χ4n) is 7.44. The minimum absolute atomic E-state index is 0.0522. The summed E-state index contributed by atoms with van der Waals surface area (Å²) in [5, 5.41) is 10.1. The van der Waals surface area contributed by atoms with Gasteiger partial charge in [-0.1, -0.05) is 0 Å². The molecule has 47 heavy (non-hydrogen) atoms. The van der Waals surface area contributed by atoms with Crippen molar-refractivity contribution in [1.29, 1.82) is 0 Å². The van der Waals surface area contributed by atoms with Crippen LogP contribution in [-0.4, -0.2) is 14.5 Å². The van der Waals surface area contributed by atoms with Crippen molar-refractivity contribution in [1.82, 2.24) is 0 Å². The third kappa shape index (κ3) is 4.08. The molecule has 0 radical (unpaired) electrons. The molecule has 10 aromatic rings. The van der Waals surface area contributed by atoms with Crippen LogP contribution in [0.3, 0.4) is 0 Å². The van der Waals surface area contributed by atoms with Crippen molar-refractivity contribution >= 4 is 76.9 Å². The topological polar surface area (TPSA) is 0 Å². The van der Waals surface area contributed by atoms with E-state index in [0.29, 0.717) is 11.6 Å². The molecule has 0 saturated heterocycles. The molecular formula is C46H28Se. The van der Waals surface area contributed by atoms with Crippen LogP contribution in [0, 0.1) is 0 Å². The summed E-state index contributed by atoms with van der Waals surface area (Å²) in [7, 11) is 0. The SMILES string of the molecule is [2H]c1c([2H])c([2H])c(-c2c3ccccc3c(-c3ccc4[se]c5c(-c6c7ccccc7c([2H])c7ccccc67)cccc5c4c3)c3ccccc23)c([2H])c1[2H]. The van der Waals surface area contributed by atoms with Crippen molar-refractivity contribution in [3.63, 3.8) is 0 Å². The fraction of sp³-hybridized carbons (Fsp3) is 0. The molecule has 218 valence electrons. The van der Waals surface area contributed by atoms with E-state index in [-0.39, 0.29) is 44.2 Å². The average Bonchev–Trinajstić information content (AvgIpc) is 3.58. The van der Waals surface area contributed by atoms with E-state index in [1.54, 1.807) is 0 Å². The molecule has 0 fully saturated rings. The summed E-state index contributed by atoms with van der Waals surface area (Å²) in [4.78, 5) is 0. The van der Waals surface area contributed by atoms with E-state index in [1.807, 2.05) is 48.5 Å². The zero-order chi connectivity index (χ0) is 36.1. The molecule has 1 heteroatoms. The summed E-state index contributed by atoms with van der Waals surface area (Å²) in [5.41, 5.74) is 5.37. The second kappa shape index (κ2) is 10.5. The van der Waals surface area contributed by atoms with E-state index in [9.17, 15) is 0 Å². The van der Waals surface area contributed by atoms with Crippen molar-refractivity contribution in [3.05, 3.63) is 170 Å². The van der Waals surface area contributed by atoms with Gasteiger partial charge in [-0.2, -0.15) is 0 Å². The molecule has 0 aliphatic heterocycles. The van der Waals surface area contributed by atoms with E-state index >= 15 is 0 Å². The van der Waals surface area contributed by atoms with Crippen LogP contribution in [0.15, 0.2) is 170 Å². The first-order valence-corrected chi connectivity index (χ1v) is 17.4. The Morgan fingerprint density at radius 3 is 1.55 bits per heavy atom. The summed E-state index contributed by atoms with van der Waals surface area (Å²) in [6.45, 7) is 0. The van der Waals surface area contributed by atoms with Crippen LogP contribution in [0.1, 0.15) is 8.22 Å². The standard InChI is InChI=1S/C46H28Se/c1-2-13-29(14-3-1)43-35-19-8-10-21-37(35)44(38-22-11-9-20-36(38)43)32-25-26-42-41(28-32)39-23-12-24-40(46(39)47-42)45-33-17-6-4-15-30(33)27-31-16-5-7-18-34(31)45/h1-28H/i1D,2D,3D,13D,14D,27D. The van der Waals surface area contributed by atoms with Crippen LogP contribution in [-0.2, 0) is 0 Å². The van der Waals surface area contributed by atoms with Crippen LogP contribution in [0.25, 0.3) is 95.8 Å². The van der Waals surface area contributed by atoms with Gasteiger partial charge in [-0.25, -0.2) is 0 Å². The maximum atomic E-state index is 9.04.